The first-order chi connectivity index (χ1) is 20.2. The topological polar surface area (TPSA) is 96.2 Å². The number of nitrogens with two attached hydrogens (primary N) is 1. The predicted molar refractivity (Wildman–Crippen MR) is 186 cm³/mol. The third-order valence-electron chi connectivity index (χ3n) is 8.21. The number of halogens is 1. The summed E-state index contributed by atoms with van der Waals surface area (Å²) in [6, 6.07) is -0.715. The van der Waals surface area contributed by atoms with Crippen molar-refractivity contribution < 1.29 is 9.59 Å². The van der Waals surface area contributed by atoms with Gasteiger partial charge < -0.3 is 21.7 Å². The zero-order valence-corrected chi connectivity index (χ0v) is 28.9. The lowest BCUT2D eigenvalue weighted by Gasteiger charge is -2.19. The molecular formula is C35H73ClN4O2. The van der Waals surface area contributed by atoms with Gasteiger partial charge in [-0.2, -0.15) is 0 Å². The first kappa shape index (κ1) is 43.1. The second-order valence-corrected chi connectivity index (χ2v) is 12.3. The number of nitrogens with one attached hydrogen (secondary N) is 3. The Bertz CT molecular complexity index is 565. The van der Waals surface area contributed by atoms with Gasteiger partial charge in [-0.1, -0.05) is 155 Å². The Kier molecular flexibility index (Phi) is 37.1. The van der Waals surface area contributed by atoms with E-state index in [1.54, 1.807) is 0 Å². The van der Waals surface area contributed by atoms with E-state index in [0.29, 0.717) is 26.1 Å². The van der Waals surface area contributed by atoms with Crippen molar-refractivity contribution in [2.45, 2.75) is 193 Å². The minimum absolute atomic E-state index is 0. The summed E-state index contributed by atoms with van der Waals surface area (Å²) in [6.45, 7) is 6.49. The summed E-state index contributed by atoms with van der Waals surface area (Å²) in [7, 11) is 0. The van der Waals surface area contributed by atoms with Gasteiger partial charge in [0.1, 0.15) is 6.04 Å². The van der Waals surface area contributed by atoms with Gasteiger partial charge in [0.05, 0.1) is 0 Å². The SMILES string of the molecule is CCCCCCCCCCCCCCCCNC(=O)NC(CCCCN)C(=O)NCCCCCCCCCCCC.Cl. The summed E-state index contributed by atoms with van der Waals surface area (Å²) >= 11 is 0. The highest BCUT2D eigenvalue weighted by atomic mass is 35.5. The normalized spacial score (nSPS) is 11.6. The fourth-order valence-electron chi connectivity index (χ4n) is 5.44. The van der Waals surface area contributed by atoms with Crippen LogP contribution in [0, 0.1) is 0 Å². The molecule has 0 aromatic heterocycles. The number of urea groups is 1. The lowest BCUT2D eigenvalue weighted by Crippen LogP contribution is -2.50. The van der Waals surface area contributed by atoms with Crippen LogP contribution in [0.2, 0.25) is 0 Å². The number of amides is 3. The fraction of sp³-hybridized carbons (Fsp3) is 0.943. The average Bonchev–Trinajstić information content (AvgIpc) is 2.97. The van der Waals surface area contributed by atoms with E-state index in [4.69, 9.17) is 5.73 Å². The Morgan fingerprint density at radius 2 is 0.857 bits per heavy atom. The molecule has 0 bridgehead atoms. The van der Waals surface area contributed by atoms with Crippen LogP contribution in [-0.4, -0.2) is 37.6 Å². The van der Waals surface area contributed by atoms with Crippen LogP contribution in [0.1, 0.15) is 187 Å². The first-order valence-electron chi connectivity index (χ1n) is 18.2. The van der Waals surface area contributed by atoms with Gasteiger partial charge in [-0.3, -0.25) is 4.79 Å². The second kappa shape index (κ2) is 36.2. The number of rotatable bonds is 32. The van der Waals surface area contributed by atoms with E-state index in [9.17, 15) is 9.59 Å². The average molecular weight is 617 g/mol. The Morgan fingerprint density at radius 1 is 0.500 bits per heavy atom. The van der Waals surface area contributed by atoms with Crippen LogP contribution in [0.4, 0.5) is 4.79 Å². The maximum Gasteiger partial charge on any atom is 0.315 e. The first-order valence-corrected chi connectivity index (χ1v) is 18.2. The van der Waals surface area contributed by atoms with Gasteiger partial charge >= 0.3 is 6.03 Å². The summed E-state index contributed by atoms with van der Waals surface area (Å²) < 4.78 is 0. The zero-order valence-electron chi connectivity index (χ0n) is 28.1. The van der Waals surface area contributed by atoms with E-state index in [0.717, 1.165) is 38.5 Å². The minimum atomic E-state index is -0.485. The molecule has 0 aliphatic rings. The smallest absolute Gasteiger partial charge is 0.315 e. The standard InChI is InChI=1S/C35H72N4O2.ClH/c1-3-5-7-9-11-13-15-16-17-18-20-22-24-28-32-38-35(41)39-33(29-25-26-30-36)34(40)37-31-27-23-21-19-14-12-10-8-6-4-2;/h33H,3-32,36H2,1-2H3,(H,37,40)(H2,38,39,41);1H. The molecule has 42 heavy (non-hydrogen) atoms. The largest absolute Gasteiger partial charge is 0.354 e. The van der Waals surface area contributed by atoms with Crippen LogP contribution in [0.25, 0.3) is 0 Å². The van der Waals surface area contributed by atoms with E-state index < -0.39 is 6.04 Å². The van der Waals surface area contributed by atoms with Gasteiger partial charge in [0.25, 0.3) is 0 Å². The molecule has 0 rings (SSSR count). The lowest BCUT2D eigenvalue weighted by atomic mass is 10.0. The molecule has 7 heteroatoms. The van der Waals surface area contributed by atoms with Gasteiger partial charge in [0, 0.05) is 13.1 Å². The van der Waals surface area contributed by atoms with Crippen molar-refractivity contribution in [3.8, 4) is 0 Å². The maximum absolute atomic E-state index is 12.8. The Hall–Kier alpha value is -1.01. The quantitative estimate of drug-likeness (QED) is 0.0566. The molecule has 1 unspecified atom stereocenters. The van der Waals surface area contributed by atoms with Gasteiger partial charge in [0.15, 0.2) is 0 Å². The molecule has 0 aromatic carbocycles. The van der Waals surface area contributed by atoms with Crippen molar-refractivity contribution >= 4 is 24.3 Å². The summed E-state index contributed by atoms with van der Waals surface area (Å²) in [4.78, 5) is 25.2. The molecule has 6 nitrogen and oxygen atoms in total. The van der Waals surface area contributed by atoms with Crippen LogP contribution in [0.15, 0.2) is 0 Å². The van der Waals surface area contributed by atoms with Crippen LogP contribution >= 0.6 is 12.4 Å². The molecule has 0 aliphatic carbocycles. The highest BCUT2D eigenvalue weighted by molar-refractivity contribution is 5.87. The number of carbonyl (C=O) groups is 2. The van der Waals surface area contributed by atoms with Gasteiger partial charge in [-0.25, -0.2) is 4.79 Å². The number of carbonyl (C=O) groups excluding carboxylic acids is 2. The summed E-state index contributed by atoms with van der Waals surface area (Å²) in [5, 5.41) is 8.92. The Balaban J connectivity index is 0. The zero-order chi connectivity index (χ0) is 30.1. The molecule has 0 aliphatic heterocycles. The number of unbranched alkanes of at least 4 members (excludes halogenated alkanes) is 23. The molecule has 0 aromatic rings. The summed E-state index contributed by atoms with van der Waals surface area (Å²) in [6.07, 6.45) is 33.7. The lowest BCUT2D eigenvalue weighted by molar-refractivity contribution is -0.123. The minimum Gasteiger partial charge on any atom is -0.354 e. The van der Waals surface area contributed by atoms with Crippen LogP contribution in [0.3, 0.4) is 0 Å². The van der Waals surface area contributed by atoms with E-state index >= 15 is 0 Å². The maximum atomic E-state index is 12.8. The van der Waals surface area contributed by atoms with Crippen molar-refractivity contribution in [1.82, 2.24) is 16.0 Å². The summed E-state index contributed by atoms with van der Waals surface area (Å²) in [5.41, 5.74) is 5.64. The second-order valence-electron chi connectivity index (χ2n) is 12.3. The van der Waals surface area contributed by atoms with Gasteiger partial charge in [0.2, 0.25) is 5.91 Å². The van der Waals surface area contributed by atoms with Gasteiger partial charge in [-0.15, -0.1) is 12.4 Å². The van der Waals surface area contributed by atoms with E-state index in [2.05, 4.69) is 29.8 Å². The van der Waals surface area contributed by atoms with Crippen molar-refractivity contribution in [1.29, 1.82) is 0 Å². The van der Waals surface area contributed by atoms with E-state index in [1.807, 2.05) is 0 Å². The molecule has 0 fully saturated rings. The highest BCUT2D eigenvalue weighted by Crippen LogP contribution is 2.13. The molecule has 0 spiro atoms. The monoisotopic (exact) mass is 617 g/mol. The van der Waals surface area contributed by atoms with Crippen molar-refractivity contribution in [2.75, 3.05) is 19.6 Å². The molecule has 0 saturated heterocycles. The van der Waals surface area contributed by atoms with Crippen LogP contribution in [-0.2, 0) is 4.79 Å². The molecule has 0 saturated carbocycles. The van der Waals surface area contributed by atoms with Gasteiger partial charge in [-0.05, 0) is 38.6 Å². The predicted octanol–water partition coefficient (Wildman–Crippen LogP) is 9.72. The molecule has 252 valence electrons. The van der Waals surface area contributed by atoms with E-state index in [-0.39, 0.29) is 24.3 Å². The third kappa shape index (κ3) is 31.9. The fourth-order valence-corrected chi connectivity index (χ4v) is 5.44. The van der Waals surface area contributed by atoms with Crippen molar-refractivity contribution in [3.05, 3.63) is 0 Å². The summed E-state index contributed by atoms with van der Waals surface area (Å²) in [5.74, 6) is -0.0652. The Labute approximate surface area is 268 Å². The third-order valence-corrected chi connectivity index (χ3v) is 8.21. The number of hydrogen-bond donors (Lipinski definition) is 4. The van der Waals surface area contributed by atoms with Crippen LogP contribution in [0.5, 0.6) is 0 Å². The van der Waals surface area contributed by atoms with Crippen molar-refractivity contribution in [2.24, 2.45) is 5.73 Å². The number of hydrogen-bond acceptors (Lipinski definition) is 3. The Morgan fingerprint density at radius 3 is 1.24 bits per heavy atom. The molecule has 0 radical (unpaired) electrons. The molecular weight excluding hydrogens is 544 g/mol. The van der Waals surface area contributed by atoms with Crippen molar-refractivity contribution in [3.63, 3.8) is 0 Å². The van der Waals surface area contributed by atoms with E-state index in [1.165, 1.54) is 128 Å². The van der Waals surface area contributed by atoms with Crippen LogP contribution < -0.4 is 21.7 Å². The molecule has 5 N–H and O–H groups in total. The molecule has 3 amide bonds. The molecule has 0 heterocycles. The molecule has 1 atom stereocenters. The highest BCUT2D eigenvalue weighted by Gasteiger charge is 2.19.